The van der Waals surface area contributed by atoms with Gasteiger partial charge < -0.3 is 5.32 Å². The van der Waals surface area contributed by atoms with Gasteiger partial charge >= 0.3 is 0 Å². The fourth-order valence-electron chi connectivity index (χ4n) is 2.49. The zero-order valence-corrected chi connectivity index (χ0v) is 13.5. The van der Waals surface area contributed by atoms with E-state index in [0.29, 0.717) is 6.04 Å². The normalized spacial score (nSPS) is 19.2. The van der Waals surface area contributed by atoms with Crippen molar-refractivity contribution in [3.8, 4) is 10.6 Å². The number of hydrogen-bond donors (Lipinski definition) is 1. The molecule has 0 saturated carbocycles. The summed E-state index contributed by atoms with van der Waals surface area (Å²) in [5.74, 6) is -0.208. The van der Waals surface area contributed by atoms with Crippen LogP contribution in [0.1, 0.15) is 12.6 Å². The van der Waals surface area contributed by atoms with E-state index in [4.69, 9.17) is 0 Å². The van der Waals surface area contributed by atoms with Crippen LogP contribution >= 0.6 is 23.7 Å². The average Bonchev–Trinajstić information content (AvgIpc) is 2.88. The molecule has 0 aliphatic carbocycles. The van der Waals surface area contributed by atoms with Gasteiger partial charge in [-0.3, -0.25) is 4.90 Å². The first-order chi connectivity index (χ1) is 9.70. The van der Waals surface area contributed by atoms with Crippen LogP contribution in [0.15, 0.2) is 29.6 Å². The molecule has 2 heterocycles. The van der Waals surface area contributed by atoms with E-state index >= 15 is 0 Å². The first-order valence-electron chi connectivity index (χ1n) is 6.87. The molecule has 1 atom stereocenters. The van der Waals surface area contributed by atoms with E-state index in [1.165, 1.54) is 12.1 Å². The van der Waals surface area contributed by atoms with Crippen molar-refractivity contribution >= 4 is 23.7 Å². The molecule has 21 heavy (non-hydrogen) atoms. The van der Waals surface area contributed by atoms with Crippen LogP contribution in [0.25, 0.3) is 10.6 Å². The maximum atomic E-state index is 12.9. The van der Waals surface area contributed by atoms with Crippen molar-refractivity contribution in [2.24, 2.45) is 0 Å². The predicted molar refractivity (Wildman–Crippen MR) is 87.5 cm³/mol. The number of piperazine rings is 1. The summed E-state index contributed by atoms with van der Waals surface area (Å²) in [4.78, 5) is 7.08. The number of hydrogen-bond acceptors (Lipinski definition) is 4. The molecule has 1 fully saturated rings. The topological polar surface area (TPSA) is 28.2 Å². The Kier molecular flexibility index (Phi) is 5.70. The van der Waals surface area contributed by atoms with Crippen LogP contribution in [-0.2, 0) is 6.54 Å². The molecule has 1 aliphatic rings. The number of thiazole rings is 1. The highest BCUT2D eigenvalue weighted by molar-refractivity contribution is 7.13. The van der Waals surface area contributed by atoms with E-state index in [0.717, 1.165) is 42.4 Å². The molecule has 2 aromatic rings. The van der Waals surface area contributed by atoms with Crippen LogP contribution in [-0.4, -0.2) is 35.6 Å². The van der Waals surface area contributed by atoms with Gasteiger partial charge in [0, 0.05) is 43.2 Å². The van der Waals surface area contributed by atoms with Crippen LogP contribution in [0.5, 0.6) is 0 Å². The van der Waals surface area contributed by atoms with Gasteiger partial charge in [-0.2, -0.15) is 0 Å². The van der Waals surface area contributed by atoms with E-state index in [2.05, 4.69) is 27.5 Å². The van der Waals surface area contributed by atoms with Crippen molar-refractivity contribution in [1.82, 2.24) is 15.2 Å². The van der Waals surface area contributed by atoms with Crippen LogP contribution in [0.3, 0.4) is 0 Å². The molecule has 1 N–H and O–H groups in total. The third-order valence-corrected chi connectivity index (χ3v) is 4.42. The molecule has 0 bridgehead atoms. The summed E-state index contributed by atoms with van der Waals surface area (Å²) in [6.45, 7) is 6.26. The number of nitrogens with zero attached hydrogens (tertiary/aromatic N) is 2. The second-order valence-corrected chi connectivity index (χ2v) is 6.10. The number of rotatable bonds is 3. The second-order valence-electron chi connectivity index (χ2n) is 5.24. The monoisotopic (exact) mass is 327 g/mol. The summed E-state index contributed by atoms with van der Waals surface area (Å²) in [5, 5.41) is 6.50. The van der Waals surface area contributed by atoms with Gasteiger partial charge in [-0.15, -0.1) is 23.7 Å². The Balaban J connectivity index is 0.00000161. The van der Waals surface area contributed by atoms with Crippen molar-refractivity contribution in [2.45, 2.75) is 19.5 Å². The van der Waals surface area contributed by atoms with Crippen LogP contribution in [0.4, 0.5) is 4.39 Å². The van der Waals surface area contributed by atoms with Crippen LogP contribution in [0.2, 0.25) is 0 Å². The molecular weight excluding hydrogens is 309 g/mol. The third-order valence-electron chi connectivity index (χ3n) is 3.48. The van der Waals surface area contributed by atoms with Gasteiger partial charge in [-0.05, 0) is 31.2 Å². The first-order valence-corrected chi connectivity index (χ1v) is 7.75. The maximum Gasteiger partial charge on any atom is 0.123 e. The van der Waals surface area contributed by atoms with E-state index in [1.807, 2.05) is 0 Å². The third kappa shape index (κ3) is 4.23. The number of aromatic nitrogens is 1. The largest absolute Gasteiger partial charge is 0.312 e. The van der Waals surface area contributed by atoms with Gasteiger partial charge in [0.25, 0.3) is 0 Å². The average molecular weight is 328 g/mol. The van der Waals surface area contributed by atoms with Crippen molar-refractivity contribution in [3.63, 3.8) is 0 Å². The molecule has 1 aromatic heterocycles. The molecule has 0 amide bonds. The van der Waals surface area contributed by atoms with Gasteiger partial charge in [-0.1, -0.05) is 0 Å². The number of halogens is 2. The van der Waals surface area contributed by atoms with Crippen molar-refractivity contribution in [1.29, 1.82) is 0 Å². The highest BCUT2D eigenvalue weighted by Gasteiger charge is 2.16. The Bertz CT molecular complexity index is 573. The second kappa shape index (κ2) is 7.31. The summed E-state index contributed by atoms with van der Waals surface area (Å²) in [5.41, 5.74) is 2.08. The molecule has 114 valence electrons. The molecule has 1 aliphatic heterocycles. The fraction of sp³-hybridized carbons (Fsp3) is 0.400. The van der Waals surface area contributed by atoms with E-state index < -0.39 is 0 Å². The molecule has 1 unspecified atom stereocenters. The van der Waals surface area contributed by atoms with Crippen molar-refractivity contribution in [3.05, 3.63) is 41.2 Å². The highest BCUT2D eigenvalue weighted by atomic mass is 35.5. The Morgan fingerprint density at radius 3 is 2.86 bits per heavy atom. The van der Waals surface area contributed by atoms with Gasteiger partial charge in [0.2, 0.25) is 0 Å². The smallest absolute Gasteiger partial charge is 0.123 e. The summed E-state index contributed by atoms with van der Waals surface area (Å²) < 4.78 is 12.9. The quantitative estimate of drug-likeness (QED) is 0.938. The number of nitrogens with one attached hydrogen (secondary N) is 1. The standard InChI is InChI=1S/C15H18FN3S.ClH/c1-11-8-19(7-6-17-11)9-14-10-20-15(18-14)12-2-4-13(16)5-3-12;/h2-5,10-11,17H,6-9H2,1H3;1H. The van der Waals surface area contributed by atoms with Gasteiger partial charge in [0.1, 0.15) is 10.8 Å². The minimum atomic E-state index is -0.208. The van der Waals surface area contributed by atoms with E-state index in [-0.39, 0.29) is 18.2 Å². The predicted octanol–water partition coefficient (Wildman–Crippen LogP) is 3.16. The molecule has 0 spiro atoms. The first kappa shape index (κ1) is 16.4. The van der Waals surface area contributed by atoms with Crippen molar-refractivity contribution < 1.29 is 4.39 Å². The van der Waals surface area contributed by atoms with Crippen LogP contribution in [0, 0.1) is 5.82 Å². The lowest BCUT2D eigenvalue weighted by atomic mass is 10.2. The lowest BCUT2D eigenvalue weighted by Gasteiger charge is -2.31. The number of benzene rings is 1. The Hall–Kier alpha value is -1.01. The summed E-state index contributed by atoms with van der Waals surface area (Å²) >= 11 is 1.62. The van der Waals surface area contributed by atoms with Gasteiger partial charge in [0.15, 0.2) is 0 Å². The molecule has 3 nitrogen and oxygen atoms in total. The molecule has 6 heteroatoms. The lowest BCUT2D eigenvalue weighted by Crippen LogP contribution is -2.48. The lowest BCUT2D eigenvalue weighted by molar-refractivity contribution is 0.198. The minimum absolute atomic E-state index is 0. The highest BCUT2D eigenvalue weighted by Crippen LogP contribution is 2.24. The molecule has 1 saturated heterocycles. The Labute approximate surface area is 134 Å². The fourth-order valence-corrected chi connectivity index (χ4v) is 3.31. The SMILES string of the molecule is CC1CN(Cc2csc(-c3ccc(F)cc3)n2)CCN1.Cl. The summed E-state index contributed by atoms with van der Waals surface area (Å²) in [7, 11) is 0. The van der Waals surface area contributed by atoms with Gasteiger partial charge in [-0.25, -0.2) is 9.37 Å². The zero-order chi connectivity index (χ0) is 13.9. The summed E-state index contributed by atoms with van der Waals surface area (Å²) in [6.07, 6.45) is 0. The molecule has 3 rings (SSSR count). The molecule has 0 radical (unpaired) electrons. The van der Waals surface area contributed by atoms with E-state index in [1.54, 1.807) is 23.5 Å². The maximum absolute atomic E-state index is 12.9. The minimum Gasteiger partial charge on any atom is -0.312 e. The summed E-state index contributed by atoms with van der Waals surface area (Å²) in [6, 6.07) is 7.07. The molecule has 1 aromatic carbocycles. The zero-order valence-electron chi connectivity index (χ0n) is 11.9. The van der Waals surface area contributed by atoms with Crippen molar-refractivity contribution in [2.75, 3.05) is 19.6 Å². The Morgan fingerprint density at radius 2 is 2.14 bits per heavy atom. The van der Waals surface area contributed by atoms with E-state index in [9.17, 15) is 4.39 Å². The van der Waals surface area contributed by atoms with Gasteiger partial charge in [0.05, 0.1) is 5.69 Å². The molecular formula is C15H19ClFN3S. The van der Waals surface area contributed by atoms with Crippen LogP contribution < -0.4 is 5.32 Å². The Morgan fingerprint density at radius 1 is 1.38 bits per heavy atom.